The van der Waals surface area contributed by atoms with Crippen molar-refractivity contribution in [2.45, 2.75) is 52.5 Å². The molecular formula is C79H99ClN22O18S. The van der Waals surface area contributed by atoms with Crippen molar-refractivity contribution in [1.29, 1.82) is 0 Å². The molecule has 40 nitrogen and oxygen atoms in total. The number of ether oxygens (including phenoxy) is 8. The number of anilines is 5. The van der Waals surface area contributed by atoms with Crippen molar-refractivity contribution < 1.29 is 85.8 Å². The molecule has 0 unspecified atom stereocenters. The van der Waals surface area contributed by atoms with Crippen molar-refractivity contribution in [3.05, 3.63) is 165 Å². The minimum atomic E-state index is -0.647. The molecular weight excluding hydrogens is 1610 g/mol. The minimum absolute atomic E-state index is 0.0315. The number of aromatic nitrogens is 11. The predicted molar refractivity (Wildman–Crippen MR) is 445 cm³/mol. The van der Waals surface area contributed by atoms with Gasteiger partial charge in [-0.3, -0.25) is 57.5 Å². The van der Waals surface area contributed by atoms with Crippen molar-refractivity contribution in [1.82, 2.24) is 79.1 Å². The van der Waals surface area contributed by atoms with Gasteiger partial charge < -0.3 is 114 Å². The number of carbonyl (C=O) groups is 10. The second-order valence-corrected chi connectivity index (χ2v) is 29.1. The number of fused-ring (bicyclic) bond motifs is 3. The molecule has 10 rings (SSSR count). The summed E-state index contributed by atoms with van der Waals surface area (Å²) < 4.78 is 54.0. The zero-order valence-corrected chi connectivity index (χ0v) is 69.9. The summed E-state index contributed by atoms with van der Waals surface area (Å²) in [5, 5.41) is 37.3. The van der Waals surface area contributed by atoms with Crippen LogP contribution < -0.4 is 57.9 Å². The lowest BCUT2D eigenvalue weighted by Crippen LogP contribution is -2.37. The standard InChI is InChI=1S/C79H99ClN22O18S/c1-49-50(2)121-79-68(49)69(52-9-11-53(80)12-10-52)90-58(70-96-95-51(3)102(70)79)43-66(106)87-54-13-15-57(16-14-54)120-40-39-118-36-35-116-32-31-114-28-27-113-29-30-115-33-34-117-37-38-119-48-67(107)82-24-23-81-63(103)17-20-86-76(110)72-93-61(46-100(72)7)91-64(104)18-21-85-75(109)60-42-56(45-99(60)6)89-78(112)73-94-62(47-101(73)8)92-65(105)19-22-84-74(108)59-41-55(44-98(59)5)88-77(111)71-83-25-26-97(71)4/h9-16,25-26,41-42,44-47,58H,17-24,27-40,43,48H2,1-8H3,(H,81,103)(H,82,107)(H,84,108)(H,85,109)(H,86,110)(H,87,106)(H,88,111)(H,89,112)(H,91,104)(H,92,105)/t58-/m0/s1. The lowest BCUT2D eigenvalue weighted by atomic mass is 9.99. The highest BCUT2D eigenvalue weighted by Gasteiger charge is 2.33. The average molecular weight is 1710 g/mol. The van der Waals surface area contributed by atoms with Crippen LogP contribution in [0.2, 0.25) is 5.02 Å². The minimum Gasteiger partial charge on any atom is -0.491 e. The van der Waals surface area contributed by atoms with Gasteiger partial charge in [0.05, 0.1) is 109 Å². The Bertz CT molecular complexity index is 5100. The molecule has 10 N–H and O–H groups in total. The van der Waals surface area contributed by atoms with Crippen LogP contribution in [0.1, 0.15) is 118 Å². The van der Waals surface area contributed by atoms with Crippen LogP contribution in [0.25, 0.3) is 5.00 Å². The maximum absolute atomic E-state index is 13.6. The van der Waals surface area contributed by atoms with Gasteiger partial charge in [0.1, 0.15) is 47.2 Å². The number of thiophene rings is 1. The first-order valence-electron chi connectivity index (χ1n) is 38.8. The Hall–Kier alpha value is -12.4. The number of amides is 10. The summed E-state index contributed by atoms with van der Waals surface area (Å²) in [6, 6.07) is 17.0. The van der Waals surface area contributed by atoms with Crippen LogP contribution in [0, 0.1) is 20.8 Å². The second-order valence-electron chi connectivity index (χ2n) is 27.4. The molecule has 0 saturated carbocycles. The predicted octanol–water partition coefficient (Wildman–Crippen LogP) is 4.28. The van der Waals surface area contributed by atoms with Gasteiger partial charge in [0.2, 0.25) is 41.2 Å². The van der Waals surface area contributed by atoms with Crippen LogP contribution >= 0.6 is 22.9 Å². The average Bonchev–Trinajstić information content (AvgIpc) is 1.59. The zero-order chi connectivity index (χ0) is 86.3. The molecule has 0 bridgehead atoms. The Kier molecular flexibility index (Phi) is 34.4. The molecule has 42 heteroatoms. The number of benzene rings is 2. The number of rotatable bonds is 49. The van der Waals surface area contributed by atoms with Gasteiger partial charge >= 0.3 is 0 Å². The summed E-state index contributed by atoms with van der Waals surface area (Å²) >= 11 is 7.91. The SMILES string of the molecule is Cc1sc2c(c1C)C(c1ccc(Cl)cc1)=N[C@@H](CC(=O)Nc1ccc(OCCOCCOCCOCCOCCOCCOCCOCC(=O)NCCNC(=O)CCNC(=O)c3nc(NC(=O)CCNC(=O)c4cc(NC(=O)c5nc(NC(=O)CCNC(=O)c6cc(NC(=O)c7nccn7C)cn6C)cn5C)cn4C)cn3C)cc1)c1nnc(C)n1-2. The number of halogens is 1. The highest BCUT2D eigenvalue weighted by Crippen LogP contribution is 2.40. The molecule has 2 aromatic carbocycles. The summed E-state index contributed by atoms with van der Waals surface area (Å²) in [4.78, 5) is 148. The van der Waals surface area contributed by atoms with Gasteiger partial charge in [-0.15, -0.1) is 21.5 Å². The first-order chi connectivity index (χ1) is 58.3. The number of imidazole rings is 3. The van der Waals surface area contributed by atoms with Crippen molar-refractivity contribution in [3.63, 3.8) is 0 Å². The van der Waals surface area contributed by atoms with Crippen molar-refractivity contribution >= 4 is 116 Å². The van der Waals surface area contributed by atoms with Gasteiger partial charge in [0.25, 0.3) is 29.5 Å². The van der Waals surface area contributed by atoms with E-state index in [1.807, 2.05) is 35.8 Å². The number of nitrogens with one attached hydrogen (secondary N) is 10. The molecule has 10 amide bonds. The topological polar surface area (TPSA) is 471 Å². The molecule has 1 aliphatic heterocycles. The Morgan fingerprint density at radius 3 is 1.45 bits per heavy atom. The first-order valence-corrected chi connectivity index (χ1v) is 40.0. The van der Waals surface area contributed by atoms with Crippen molar-refractivity contribution in [2.75, 3.05) is 158 Å². The van der Waals surface area contributed by atoms with E-state index in [-0.39, 0.29) is 142 Å². The zero-order valence-electron chi connectivity index (χ0n) is 68.3. The Balaban J connectivity index is 0.471. The summed E-state index contributed by atoms with van der Waals surface area (Å²) in [7, 11) is 8.00. The van der Waals surface area contributed by atoms with Crippen molar-refractivity contribution in [3.8, 4) is 10.8 Å². The van der Waals surface area contributed by atoms with E-state index in [1.54, 1.807) is 87.8 Å². The van der Waals surface area contributed by atoms with Gasteiger partial charge in [-0.05, 0) is 74.9 Å². The van der Waals surface area contributed by atoms with E-state index in [4.69, 9.17) is 54.5 Å². The number of nitrogens with zero attached hydrogens (tertiary/aromatic N) is 12. The molecule has 7 aromatic heterocycles. The number of carbonyl (C=O) groups excluding carboxylic acids is 10. The van der Waals surface area contributed by atoms with Crippen LogP contribution in [-0.4, -0.2) is 249 Å². The lowest BCUT2D eigenvalue weighted by Gasteiger charge is -2.13. The fourth-order valence-corrected chi connectivity index (χ4v) is 13.4. The maximum atomic E-state index is 13.6. The van der Waals surface area contributed by atoms with E-state index in [9.17, 15) is 47.9 Å². The fourth-order valence-electron chi connectivity index (χ4n) is 12.1. The lowest BCUT2D eigenvalue weighted by molar-refractivity contribution is -0.126. The van der Waals surface area contributed by atoms with E-state index in [0.717, 1.165) is 32.3 Å². The highest BCUT2D eigenvalue weighted by atomic mass is 35.5. The third-order valence-electron chi connectivity index (χ3n) is 18.2. The van der Waals surface area contributed by atoms with Gasteiger partial charge in [0, 0.05) is 151 Å². The van der Waals surface area contributed by atoms with Crippen molar-refractivity contribution in [2.24, 2.45) is 40.2 Å². The molecule has 1 aliphatic rings. The van der Waals surface area contributed by atoms with E-state index in [1.165, 1.54) is 55.2 Å². The van der Waals surface area contributed by atoms with Crippen LogP contribution in [0.4, 0.5) is 28.7 Å². The normalized spacial score (nSPS) is 12.2. The molecule has 121 heavy (non-hydrogen) atoms. The molecule has 0 saturated heterocycles. The van der Waals surface area contributed by atoms with Crippen LogP contribution in [0.15, 0.2) is 103 Å². The summed E-state index contributed by atoms with van der Waals surface area (Å²) in [6.07, 6.45) is 8.74. The van der Waals surface area contributed by atoms with E-state index in [0.29, 0.717) is 113 Å². The number of aliphatic imine (C=N–C) groups is 1. The second kappa shape index (κ2) is 45.7. The maximum Gasteiger partial charge on any atom is 0.291 e. The van der Waals surface area contributed by atoms with Gasteiger partial charge in [-0.2, -0.15) is 0 Å². The molecule has 0 fully saturated rings. The smallest absolute Gasteiger partial charge is 0.291 e. The monoisotopic (exact) mass is 1710 g/mol. The van der Waals surface area contributed by atoms with E-state index in [2.05, 4.69) is 92.2 Å². The highest BCUT2D eigenvalue weighted by molar-refractivity contribution is 7.15. The molecule has 0 radical (unpaired) electrons. The number of hydrogen-bond donors (Lipinski definition) is 10. The first kappa shape index (κ1) is 91.0. The molecule has 0 aliphatic carbocycles. The third kappa shape index (κ3) is 27.3. The molecule has 8 heterocycles. The van der Waals surface area contributed by atoms with Crippen LogP contribution in [0.3, 0.4) is 0 Å². The fraction of sp³-hybridized carbons (Fsp3) is 0.418. The Morgan fingerprint density at radius 1 is 0.455 bits per heavy atom. The van der Waals surface area contributed by atoms with Gasteiger partial charge in [-0.25, -0.2) is 15.0 Å². The summed E-state index contributed by atoms with van der Waals surface area (Å²) in [6.45, 7) is 10.9. The summed E-state index contributed by atoms with van der Waals surface area (Å²) in [5.41, 5.74) is 5.42. The number of hydrogen-bond acceptors (Lipinski definition) is 25. The largest absolute Gasteiger partial charge is 0.491 e. The summed E-state index contributed by atoms with van der Waals surface area (Å²) in [5.74, 6) is -2.53. The molecule has 0 spiro atoms. The Labute approximate surface area is 704 Å². The van der Waals surface area contributed by atoms with E-state index < -0.39 is 47.4 Å². The third-order valence-corrected chi connectivity index (χ3v) is 19.7. The number of aryl methyl sites for hydroxylation is 7. The molecule has 9 aromatic rings. The quantitative estimate of drug-likeness (QED) is 0.0238. The van der Waals surface area contributed by atoms with Crippen LogP contribution in [0.5, 0.6) is 5.75 Å². The van der Waals surface area contributed by atoms with E-state index >= 15 is 0 Å². The molecule has 1 atom stereocenters. The Morgan fingerprint density at radius 2 is 0.934 bits per heavy atom. The molecule has 646 valence electrons. The van der Waals surface area contributed by atoms with Crippen LogP contribution in [-0.2, 0) is 92.4 Å². The van der Waals surface area contributed by atoms with Gasteiger partial charge in [-0.1, -0.05) is 23.7 Å². The van der Waals surface area contributed by atoms with Gasteiger partial charge in [0.15, 0.2) is 23.3 Å².